The zero-order chi connectivity index (χ0) is 21.3. The maximum Gasteiger partial charge on any atom is 0.420 e. The largest absolute Gasteiger partial charge is 0.420 e. The van der Waals surface area contributed by atoms with Crippen molar-refractivity contribution in [2.45, 2.75) is 38.3 Å². The van der Waals surface area contributed by atoms with Crippen molar-refractivity contribution < 1.29 is 14.0 Å². The third kappa shape index (κ3) is 4.28. The van der Waals surface area contributed by atoms with Gasteiger partial charge in [0.15, 0.2) is 5.58 Å². The number of nitrogens with zero attached hydrogens (tertiary/aromatic N) is 3. The second kappa shape index (κ2) is 8.63. The predicted molar refractivity (Wildman–Crippen MR) is 113 cm³/mol. The van der Waals surface area contributed by atoms with E-state index in [9.17, 15) is 14.4 Å². The second-order valence-electron chi connectivity index (χ2n) is 8.78. The third-order valence-electron chi connectivity index (χ3n) is 6.43. The van der Waals surface area contributed by atoms with Gasteiger partial charge >= 0.3 is 5.76 Å². The first-order valence-corrected chi connectivity index (χ1v) is 10.7. The van der Waals surface area contributed by atoms with E-state index in [1.165, 1.54) is 4.57 Å². The van der Waals surface area contributed by atoms with Crippen molar-refractivity contribution in [1.82, 2.24) is 19.7 Å². The lowest BCUT2D eigenvalue weighted by Crippen LogP contribution is -2.57. The Bertz CT molecular complexity index is 979. The summed E-state index contributed by atoms with van der Waals surface area (Å²) in [5.41, 5.74) is 1.15. The standard InChI is InChI=1S/C22H30N4O4/c1-24(2)20(27)9-5-6-17-16-10-15(11-23-17)12-25(13-16)21(28)14-26-18-7-3-4-8-19(18)30-22(26)29/h3-4,7-8,15-17,23H,5-6,9-14H2,1-2H3/t15?,16?,17-/m1/s1. The van der Waals surface area contributed by atoms with Crippen LogP contribution in [0.25, 0.3) is 11.1 Å². The van der Waals surface area contributed by atoms with Crippen LogP contribution in [0.3, 0.4) is 0 Å². The molecule has 2 amide bonds. The van der Waals surface area contributed by atoms with Crippen LogP contribution in [0.15, 0.2) is 33.5 Å². The number of likely N-dealkylation sites (tertiary alicyclic amines) is 1. The predicted octanol–water partition coefficient (Wildman–Crippen LogP) is 1.29. The monoisotopic (exact) mass is 414 g/mol. The molecule has 0 radical (unpaired) electrons. The second-order valence-corrected chi connectivity index (χ2v) is 8.78. The van der Waals surface area contributed by atoms with Crippen molar-refractivity contribution in [2.24, 2.45) is 11.8 Å². The van der Waals surface area contributed by atoms with Gasteiger partial charge in [-0.25, -0.2) is 4.79 Å². The van der Waals surface area contributed by atoms with Gasteiger partial charge in [-0.05, 0) is 49.8 Å². The van der Waals surface area contributed by atoms with Crippen molar-refractivity contribution in [2.75, 3.05) is 33.7 Å². The molecule has 2 unspecified atom stereocenters. The van der Waals surface area contributed by atoms with Crippen LogP contribution in [0.2, 0.25) is 0 Å². The fraction of sp³-hybridized carbons (Fsp3) is 0.591. The number of rotatable bonds is 6. The Morgan fingerprint density at radius 2 is 2.03 bits per heavy atom. The number of carbonyl (C=O) groups excluding carboxylic acids is 2. The van der Waals surface area contributed by atoms with Crippen LogP contribution < -0.4 is 11.1 Å². The van der Waals surface area contributed by atoms with E-state index in [1.54, 1.807) is 31.1 Å². The molecule has 2 saturated heterocycles. The van der Waals surface area contributed by atoms with Crippen molar-refractivity contribution >= 4 is 22.9 Å². The Balaban J connectivity index is 1.38. The van der Waals surface area contributed by atoms with Crippen LogP contribution in [0.4, 0.5) is 0 Å². The Hall–Kier alpha value is -2.61. The van der Waals surface area contributed by atoms with Gasteiger partial charge in [0.1, 0.15) is 6.54 Å². The molecule has 1 N–H and O–H groups in total. The number of hydrogen-bond donors (Lipinski definition) is 1. The summed E-state index contributed by atoms with van der Waals surface area (Å²) < 4.78 is 6.68. The highest BCUT2D eigenvalue weighted by molar-refractivity contribution is 5.79. The number of oxazole rings is 1. The molecule has 0 aliphatic carbocycles. The molecule has 3 heterocycles. The van der Waals surface area contributed by atoms with Gasteiger partial charge < -0.3 is 19.5 Å². The highest BCUT2D eigenvalue weighted by Gasteiger charge is 2.37. The van der Waals surface area contributed by atoms with Gasteiger partial charge in [-0.3, -0.25) is 14.2 Å². The van der Waals surface area contributed by atoms with E-state index in [2.05, 4.69) is 5.32 Å². The van der Waals surface area contributed by atoms with Gasteiger partial charge in [-0.2, -0.15) is 0 Å². The lowest BCUT2D eigenvalue weighted by atomic mass is 9.79. The fourth-order valence-electron chi connectivity index (χ4n) is 4.81. The molecule has 2 fully saturated rings. The summed E-state index contributed by atoms with van der Waals surface area (Å²) in [5.74, 6) is 0.439. The highest BCUT2D eigenvalue weighted by Crippen LogP contribution is 2.30. The quantitative estimate of drug-likeness (QED) is 0.770. The maximum absolute atomic E-state index is 13.0. The molecular weight excluding hydrogens is 384 g/mol. The van der Waals surface area contributed by atoms with Gasteiger partial charge in [0.2, 0.25) is 11.8 Å². The zero-order valence-electron chi connectivity index (χ0n) is 17.7. The van der Waals surface area contributed by atoms with Crippen LogP contribution >= 0.6 is 0 Å². The summed E-state index contributed by atoms with van der Waals surface area (Å²) in [5, 5.41) is 3.63. The molecule has 0 spiro atoms. The number of nitrogens with one attached hydrogen (secondary N) is 1. The van der Waals surface area contributed by atoms with Crippen molar-refractivity contribution in [3.63, 3.8) is 0 Å². The minimum atomic E-state index is -0.494. The van der Waals surface area contributed by atoms with Crippen LogP contribution in [0.5, 0.6) is 0 Å². The molecule has 0 saturated carbocycles. The molecule has 2 bridgehead atoms. The summed E-state index contributed by atoms with van der Waals surface area (Å²) >= 11 is 0. The molecule has 1 aromatic heterocycles. The average Bonchev–Trinajstić information content (AvgIpc) is 3.04. The summed E-state index contributed by atoms with van der Waals surface area (Å²) in [6, 6.07) is 7.50. The zero-order valence-corrected chi connectivity index (χ0v) is 17.7. The van der Waals surface area contributed by atoms with Gasteiger partial charge in [0.05, 0.1) is 5.52 Å². The van der Waals surface area contributed by atoms with E-state index >= 15 is 0 Å². The summed E-state index contributed by atoms with van der Waals surface area (Å²) in [6.45, 7) is 2.31. The molecule has 8 nitrogen and oxygen atoms in total. The van der Waals surface area contributed by atoms with E-state index in [0.29, 0.717) is 41.9 Å². The lowest BCUT2D eigenvalue weighted by molar-refractivity contribution is -0.135. The first-order valence-electron chi connectivity index (χ1n) is 10.7. The molecule has 2 aliphatic heterocycles. The minimum absolute atomic E-state index is 0.00468. The number of piperidine rings is 2. The number of amides is 2. The molecule has 30 heavy (non-hydrogen) atoms. The molecule has 4 rings (SSSR count). The summed E-state index contributed by atoms with van der Waals surface area (Å²) in [6.07, 6.45) is 3.45. The Morgan fingerprint density at radius 3 is 2.83 bits per heavy atom. The van der Waals surface area contributed by atoms with E-state index < -0.39 is 5.76 Å². The van der Waals surface area contributed by atoms with Crippen molar-refractivity contribution in [1.29, 1.82) is 0 Å². The molecule has 2 aliphatic rings. The number of hydrogen-bond acceptors (Lipinski definition) is 5. The van der Waals surface area contributed by atoms with Crippen LogP contribution in [0, 0.1) is 11.8 Å². The fourth-order valence-corrected chi connectivity index (χ4v) is 4.81. The normalized spacial score (nSPS) is 23.5. The maximum atomic E-state index is 13.0. The molecule has 8 heteroatoms. The van der Waals surface area contributed by atoms with Crippen LogP contribution in [-0.2, 0) is 16.1 Å². The molecule has 1 aromatic carbocycles. The smallest absolute Gasteiger partial charge is 0.408 e. The Morgan fingerprint density at radius 1 is 1.23 bits per heavy atom. The molecule has 3 atom stereocenters. The van der Waals surface area contributed by atoms with Crippen LogP contribution in [-0.4, -0.2) is 66.0 Å². The highest BCUT2D eigenvalue weighted by atomic mass is 16.4. The Kier molecular flexibility index (Phi) is 5.94. The topological polar surface area (TPSA) is 87.8 Å². The van der Waals surface area contributed by atoms with E-state index in [1.807, 2.05) is 17.0 Å². The SMILES string of the molecule is CN(C)C(=O)CCC[C@H]1NCC2CC1CN(C(=O)Cn1c(=O)oc3ccccc31)C2. The summed E-state index contributed by atoms with van der Waals surface area (Å²) in [7, 11) is 3.57. The number of aromatic nitrogens is 1. The first-order chi connectivity index (χ1) is 14.4. The number of fused-ring (bicyclic) bond motifs is 3. The number of para-hydroxylation sites is 2. The van der Waals surface area contributed by atoms with E-state index in [-0.39, 0.29) is 18.4 Å². The van der Waals surface area contributed by atoms with Gasteiger partial charge in [-0.15, -0.1) is 0 Å². The van der Waals surface area contributed by atoms with Crippen molar-refractivity contribution in [3.8, 4) is 0 Å². The van der Waals surface area contributed by atoms with Gasteiger partial charge in [0.25, 0.3) is 0 Å². The van der Waals surface area contributed by atoms with E-state index in [0.717, 1.165) is 32.4 Å². The minimum Gasteiger partial charge on any atom is -0.408 e. The average molecular weight is 415 g/mol. The molecular formula is C22H30N4O4. The van der Waals surface area contributed by atoms with Gasteiger partial charge in [0, 0.05) is 39.6 Å². The summed E-state index contributed by atoms with van der Waals surface area (Å²) in [4.78, 5) is 40.6. The number of benzene rings is 1. The third-order valence-corrected chi connectivity index (χ3v) is 6.43. The Labute approximate surface area is 175 Å². The molecule has 162 valence electrons. The van der Waals surface area contributed by atoms with Crippen LogP contribution in [0.1, 0.15) is 25.7 Å². The first kappa shape index (κ1) is 20.7. The van der Waals surface area contributed by atoms with E-state index in [4.69, 9.17) is 4.42 Å². The lowest BCUT2D eigenvalue weighted by Gasteiger charge is -2.46. The number of carbonyl (C=O) groups is 2. The van der Waals surface area contributed by atoms with Crippen molar-refractivity contribution in [3.05, 3.63) is 34.8 Å². The van der Waals surface area contributed by atoms with Gasteiger partial charge in [-0.1, -0.05) is 12.1 Å². The molecule has 2 aromatic rings.